The molecule has 47 heavy (non-hydrogen) atoms. The van der Waals surface area contributed by atoms with Crippen LogP contribution in [0.25, 0.3) is 23.2 Å². The largest absolute Gasteiger partial charge is 0.457 e. The van der Waals surface area contributed by atoms with Crippen LogP contribution >= 0.6 is 0 Å². The number of hydrogen-bond donors (Lipinski definition) is 0. The summed E-state index contributed by atoms with van der Waals surface area (Å²) in [5.74, 6) is -0.485. The van der Waals surface area contributed by atoms with Gasteiger partial charge in [-0.1, -0.05) is 18.2 Å². The zero-order valence-electron chi connectivity index (χ0n) is 25.7. The Bertz CT molecular complexity index is 1730. The van der Waals surface area contributed by atoms with Crippen LogP contribution in [0.3, 0.4) is 0 Å². The molecule has 1 spiro atoms. The molecule has 7 rings (SSSR count). The summed E-state index contributed by atoms with van der Waals surface area (Å²) in [6.45, 7) is 3.42. The van der Waals surface area contributed by atoms with Crippen LogP contribution in [0.15, 0.2) is 73.2 Å². The van der Waals surface area contributed by atoms with E-state index in [1.54, 1.807) is 47.4 Å². The number of alkyl halides is 3. The molecule has 3 fully saturated rings. The summed E-state index contributed by atoms with van der Waals surface area (Å²) < 4.78 is 73.6. The van der Waals surface area contributed by atoms with Crippen LogP contribution in [0.1, 0.15) is 42.6 Å². The average Bonchev–Trinajstić information content (AvgIpc) is 3.91. The maximum atomic E-state index is 16.0. The van der Waals surface area contributed by atoms with Crippen molar-refractivity contribution in [3.8, 4) is 22.8 Å². The van der Waals surface area contributed by atoms with Crippen molar-refractivity contribution in [2.75, 3.05) is 44.2 Å². The monoisotopic (exact) mass is 646 g/mol. The molecule has 2 aromatic heterocycles. The third-order valence-corrected chi connectivity index (χ3v) is 9.00. The minimum Gasteiger partial charge on any atom is -0.457 e. The van der Waals surface area contributed by atoms with Crippen molar-refractivity contribution in [3.63, 3.8) is 0 Å². The molecule has 4 aromatic rings. The molecule has 0 unspecified atom stereocenters. The second-order valence-corrected chi connectivity index (χ2v) is 12.4. The number of aromatic nitrogens is 4. The van der Waals surface area contributed by atoms with E-state index >= 15 is 17.6 Å². The summed E-state index contributed by atoms with van der Waals surface area (Å²) >= 11 is 0. The molecule has 8 nitrogen and oxygen atoms in total. The standard InChI is InChI=1S/C35H34F4N6O2/c36-28(33-40-14-11-29(43-33)26-10-15-41-42-21-26)20-25-8-9-30(47-27-4-2-1-3-5-27)31(35(37,38)39)32(25)45-18-19-46-34(23-45)12-16-44(17-13-34)22-24-6-7-24/h1-5,8-11,14-15,20-21,24H,6-7,12-13,16-19,22-23H2/b28-20-. The molecule has 0 bridgehead atoms. The van der Waals surface area contributed by atoms with Gasteiger partial charge in [-0.25, -0.2) is 14.4 Å². The van der Waals surface area contributed by atoms with Gasteiger partial charge in [0.05, 0.1) is 36.0 Å². The van der Waals surface area contributed by atoms with E-state index in [2.05, 4.69) is 25.1 Å². The van der Waals surface area contributed by atoms with Crippen LogP contribution < -0.4 is 9.64 Å². The molecule has 0 N–H and O–H groups in total. The molecule has 2 aromatic carbocycles. The highest BCUT2D eigenvalue weighted by molar-refractivity contribution is 5.83. The van der Waals surface area contributed by atoms with Crippen molar-refractivity contribution in [2.24, 2.45) is 5.92 Å². The lowest BCUT2D eigenvalue weighted by Gasteiger charge is -2.48. The second kappa shape index (κ2) is 13.0. The van der Waals surface area contributed by atoms with Gasteiger partial charge in [-0.3, -0.25) is 0 Å². The number of rotatable bonds is 8. The van der Waals surface area contributed by atoms with Crippen LogP contribution in [0.5, 0.6) is 11.5 Å². The van der Waals surface area contributed by atoms with Gasteiger partial charge in [-0.05, 0) is 74.1 Å². The quantitative estimate of drug-likeness (QED) is 0.185. The lowest BCUT2D eigenvalue weighted by Crippen LogP contribution is -2.57. The van der Waals surface area contributed by atoms with Crippen molar-refractivity contribution in [2.45, 2.75) is 37.5 Å². The molecule has 0 radical (unpaired) electrons. The van der Waals surface area contributed by atoms with Gasteiger partial charge in [0.25, 0.3) is 0 Å². The Labute approximate surface area is 270 Å². The number of anilines is 1. The van der Waals surface area contributed by atoms with Crippen molar-refractivity contribution < 1.29 is 27.0 Å². The van der Waals surface area contributed by atoms with Crippen LogP contribution in [0.2, 0.25) is 0 Å². The van der Waals surface area contributed by atoms with Gasteiger partial charge >= 0.3 is 6.18 Å². The molecule has 4 heterocycles. The lowest BCUT2D eigenvalue weighted by atomic mass is 9.88. The second-order valence-electron chi connectivity index (χ2n) is 12.4. The summed E-state index contributed by atoms with van der Waals surface area (Å²) in [4.78, 5) is 12.5. The minimum absolute atomic E-state index is 0.0398. The predicted molar refractivity (Wildman–Crippen MR) is 169 cm³/mol. The number of para-hydroxylation sites is 1. The molecule has 12 heteroatoms. The molecule has 1 aliphatic carbocycles. The lowest BCUT2D eigenvalue weighted by molar-refractivity contribution is -0.138. The molecule has 244 valence electrons. The number of likely N-dealkylation sites (tertiary alicyclic amines) is 1. The Morgan fingerprint density at radius 3 is 2.51 bits per heavy atom. The summed E-state index contributed by atoms with van der Waals surface area (Å²) in [6.07, 6.45) is 4.56. The third-order valence-electron chi connectivity index (χ3n) is 9.00. The van der Waals surface area contributed by atoms with E-state index in [4.69, 9.17) is 9.47 Å². The number of piperidine rings is 1. The average molecular weight is 647 g/mol. The van der Waals surface area contributed by atoms with E-state index in [-0.39, 0.29) is 48.3 Å². The number of nitrogens with zero attached hydrogens (tertiary/aromatic N) is 6. The van der Waals surface area contributed by atoms with Crippen LogP contribution in [0, 0.1) is 5.92 Å². The Balaban J connectivity index is 1.28. The number of halogens is 4. The highest BCUT2D eigenvalue weighted by Crippen LogP contribution is 2.48. The first kappa shape index (κ1) is 31.2. The van der Waals surface area contributed by atoms with Gasteiger partial charge in [0.1, 0.15) is 17.1 Å². The first-order valence-corrected chi connectivity index (χ1v) is 15.8. The maximum Gasteiger partial charge on any atom is 0.422 e. The summed E-state index contributed by atoms with van der Waals surface area (Å²) in [6, 6.07) is 14.3. The topological polar surface area (TPSA) is 76.5 Å². The molecule has 2 aliphatic heterocycles. The van der Waals surface area contributed by atoms with Crippen molar-refractivity contribution in [1.29, 1.82) is 0 Å². The van der Waals surface area contributed by atoms with Gasteiger partial charge < -0.3 is 19.3 Å². The number of ether oxygens (including phenoxy) is 2. The van der Waals surface area contributed by atoms with Gasteiger partial charge in [-0.2, -0.15) is 23.4 Å². The van der Waals surface area contributed by atoms with Gasteiger partial charge in [-0.15, -0.1) is 0 Å². The number of morpholine rings is 1. The number of hydrogen-bond acceptors (Lipinski definition) is 8. The predicted octanol–water partition coefficient (Wildman–Crippen LogP) is 7.29. The normalized spacial score (nSPS) is 18.8. The molecular formula is C35H34F4N6O2. The van der Waals surface area contributed by atoms with Gasteiger partial charge in [0.15, 0.2) is 11.7 Å². The highest BCUT2D eigenvalue weighted by atomic mass is 19.4. The molecule has 3 aliphatic rings. The van der Waals surface area contributed by atoms with Crippen LogP contribution in [-0.4, -0.2) is 70.0 Å². The number of benzene rings is 2. The van der Waals surface area contributed by atoms with Crippen LogP contribution in [0.4, 0.5) is 23.2 Å². The smallest absolute Gasteiger partial charge is 0.422 e. The van der Waals surface area contributed by atoms with Crippen molar-refractivity contribution in [1.82, 2.24) is 25.1 Å². The Morgan fingerprint density at radius 1 is 0.979 bits per heavy atom. The van der Waals surface area contributed by atoms with E-state index in [9.17, 15) is 0 Å². The molecular weight excluding hydrogens is 612 g/mol. The summed E-state index contributed by atoms with van der Waals surface area (Å²) in [5.41, 5.74) is -0.687. The summed E-state index contributed by atoms with van der Waals surface area (Å²) in [7, 11) is 0. The fourth-order valence-corrected chi connectivity index (χ4v) is 6.45. The van der Waals surface area contributed by atoms with E-state index in [0.717, 1.165) is 31.6 Å². The minimum atomic E-state index is -4.82. The Hall–Kier alpha value is -4.42. The Morgan fingerprint density at radius 2 is 1.79 bits per heavy atom. The molecule has 0 amide bonds. The Kier molecular flexibility index (Phi) is 8.63. The van der Waals surface area contributed by atoms with Crippen molar-refractivity contribution in [3.05, 3.63) is 90.1 Å². The van der Waals surface area contributed by atoms with E-state index in [0.29, 0.717) is 24.1 Å². The van der Waals surface area contributed by atoms with Gasteiger partial charge in [0, 0.05) is 50.0 Å². The third kappa shape index (κ3) is 7.13. The van der Waals surface area contributed by atoms with Crippen LogP contribution in [-0.2, 0) is 10.9 Å². The first-order chi connectivity index (χ1) is 22.8. The zero-order valence-corrected chi connectivity index (χ0v) is 25.7. The fourth-order valence-electron chi connectivity index (χ4n) is 6.45. The van der Waals surface area contributed by atoms with Gasteiger partial charge in [0.2, 0.25) is 0 Å². The zero-order chi connectivity index (χ0) is 32.4. The van der Waals surface area contributed by atoms with E-state index in [1.807, 2.05) is 0 Å². The van der Waals surface area contributed by atoms with Crippen molar-refractivity contribution >= 4 is 17.6 Å². The highest BCUT2D eigenvalue weighted by Gasteiger charge is 2.45. The summed E-state index contributed by atoms with van der Waals surface area (Å²) in [5, 5.41) is 7.59. The fraction of sp³-hybridized carbons (Fsp3) is 0.371. The maximum absolute atomic E-state index is 16.0. The first-order valence-electron chi connectivity index (χ1n) is 15.8. The molecule has 1 saturated carbocycles. The molecule has 0 atom stereocenters. The SMILES string of the molecule is F/C(=C\c1ccc(Oc2ccccc2)c(C(F)(F)F)c1N1CCOC2(CCN(CC3CC3)CC2)C1)c1nccc(-c2ccnnc2)n1. The van der Waals surface area contributed by atoms with E-state index < -0.39 is 23.2 Å². The molecule has 2 saturated heterocycles. The van der Waals surface area contributed by atoms with E-state index in [1.165, 1.54) is 43.6 Å².